The molecular formula is C38H54N4O4S. The SMILES string of the molecule is COC1CCC2(CC1)Cc1ccc(CCC3CC3)cc1C21N=C(SCC2CCN(C(C)=O)CC2)N(CC2CCN(C(C)=O)CC2)C1=O. The molecule has 47 heavy (non-hydrogen) atoms. The summed E-state index contributed by atoms with van der Waals surface area (Å²) in [6, 6.07) is 7.03. The predicted molar refractivity (Wildman–Crippen MR) is 186 cm³/mol. The van der Waals surface area contributed by atoms with Gasteiger partial charge in [0.1, 0.15) is 0 Å². The van der Waals surface area contributed by atoms with Gasteiger partial charge in [0, 0.05) is 64.8 Å². The van der Waals surface area contributed by atoms with Crippen molar-refractivity contribution in [2.75, 3.05) is 45.6 Å². The first-order chi connectivity index (χ1) is 22.7. The molecule has 3 aliphatic carbocycles. The van der Waals surface area contributed by atoms with Gasteiger partial charge in [-0.3, -0.25) is 19.3 Å². The summed E-state index contributed by atoms with van der Waals surface area (Å²) in [6.45, 7) is 7.15. The number of likely N-dealkylation sites (tertiary alicyclic amines) is 2. The zero-order chi connectivity index (χ0) is 32.8. The van der Waals surface area contributed by atoms with Crippen LogP contribution in [0.15, 0.2) is 23.2 Å². The minimum atomic E-state index is -0.878. The Morgan fingerprint density at radius 1 is 0.894 bits per heavy atom. The van der Waals surface area contributed by atoms with Gasteiger partial charge in [-0.05, 0) is 105 Å². The van der Waals surface area contributed by atoms with Gasteiger partial charge in [0.05, 0.1) is 6.10 Å². The molecule has 6 aliphatic rings. The number of carbonyl (C=O) groups excluding carboxylic acids is 3. The van der Waals surface area contributed by atoms with E-state index < -0.39 is 5.54 Å². The first-order valence-corrected chi connectivity index (χ1v) is 19.4. The van der Waals surface area contributed by atoms with Gasteiger partial charge >= 0.3 is 0 Å². The van der Waals surface area contributed by atoms with E-state index in [1.165, 1.54) is 36.0 Å². The number of rotatable bonds is 8. The number of fused-ring (bicyclic) bond motifs is 3. The summed E-state index contributed by atoms with van der Waals surface area (Å²) in [5.41, 5.74) is 2.72. The normalized spacial score (nSPS) is 30.0. The van der Waals surface area contributed by atoms with Gasteiger partial charge in [-0.2, -0.15) is 0 Å². The number of hydrogen-bond donors (Lipinski definition) is 0. The molecule has 1 atom stereocenters. The fourth-order valence-corrected chi connectivity index (χ4v) is 10.6. The smallest absolute Gasteiger partial charge is 0.261 e. The van der Waals surface area contributed by atoms with Crippen molar-refractivity contribution < 1.29 is 19.1 Å². The maximum Gasteiger partial charge on any atom is 0.261 e. The quantitative estimate of drug-likeness (QED) is 0.351. The number of piperidine rings is 2. The molecule has 4 fully saturated rings. The number of benzene rings is 1. The first-order valence-electron chi connectivity index (χ1n) is 18.4. The monoisotopic (exact) mass is 662 g/mol. The van der Waals surface area contributed by atoms with Crippen LogP contribution in [0.3, 0.4) is 0 Å². The van der Waals surface area contributed by atoms with Crippen LogP contribution in [-0.2, 0) is 37.5 Å². The van der Waals surface area contributed by atoms with Gasteiger partial charge in [0.15, 0.2) is 10.7 Å². The first kappa shape index (κ1) is 33.1. The van der Waals surface area contributed by atoms with Crippen LogP contribution in [0.1, 0.15) is 101 Å². The number of amides is 3. The maximum absolute atomic E-state index is 15.4. The summed E-state index contributed by atoms with van der Waals surface area (Å²) < 4.78 is 5.84. The molecule has 3 aliphatic heterocycles. The molecule has 3 heterocycles. The molecule has 1 unspecified atom stereocenters. The second-order valence-electron chi connectivity index (χ2n) is 15.6. The lowest BCUT2D eigenvalue weighted by atomic mass is 9.61. The van der Waals surface area contributed by atoms with Crippen molar-refractivity contribution in [3.63, 3.8) is 0 Å². The Morgan fingerprint density at radius 3 is 2.13 bits per heavy atom. The highest BCUT2D eigenvalue weighted by Gasteiger charge is 2.67. The standard InChI is InChI=1S/C38H54N4O4S/c1-26(43)40-18-12-30(13-19-40)24-42-35(45)38(39-36(42)47-25-31-14-20-41(21-15-31)27(2)44)34-22-29(7-6-28-4-5-28)8-9-32(34)23-37(38)16-10-33(46-3)11-17-37/h8-9,22,28,30-31,33H,4-7,10-21,23-25H2,1-3H3. The van der Waals surface area contributed by atoms with Gasteiger partial charge in [-0.15, -0.1) is 0 Å². The molecule has 0 N–H and O–H groups in total. The van der Waals surface area contributed by atoms with Crippen LogP contribution in [0.2, 0.25) is 0 Å². The third kappa shape index (κ3) is 6.40. The average Bonchev–Trinajstić information content (AvgIpc) is 3.83. The highest BCUT2D eigenvalue weighted by molar-refractivity contribution is 8.13. The number of nitrogens with zero attached hydrogens (tertiary/aromatic N) is 4. The summed E-state index contributed by atoms with van der Waals surface area (Å²) in [7, 11) is 1.82. The Labute approximate surface area is 285 Å². The average molecular weight is 663 g/mol. The molecule has 8 nitrogen and oxygen atoms in total. The van der Waals surface area contributed by atoms with Crippen molar-refractivity contribution in [2.45, 2.75) is 109 Å². The van der Waals surface area contributed by atoms with Crippen LogP contribution in [0.5, 0.6) is 0 Å². The van der Waals surface area contributed by atoms with E-state index in [0.29, 0.717) is 18.4 Å². The molecule has 9 heteroatoms. The molecule has 0 bridgehead atoms. The highest BCUT2D eigenvalue weighted by atomic mass is 32.2. The lowest BCUT2D eigenvalue weighted by Gasteiger charge is -2.45. The van der Waals surface area contributed by atoms with Crippen LogP contribution in [0.25, 0.3) is 0 Å². The van der Waals surface area contributed by atoms with Crippen LogP contribution in [-0.4, -0.2) is 89.3 Å². The summed E-state index contributed by atoms with van der Waals surface area (Å²) in [5.74, 6) is 3.13. The van der Waals surface area contributed by atoms with E-state index in [1.807, 2.05) is 16.9 Å². The zero-order valence-electron chi connectivity index (χ0n) is 28.8. The number of thioether (sulfide) groups is 1. The number of methoxy groups -OCH3 is 1. The van der Waals surface area contributed by atoms with Gasteiger partial charge < -0.3 is 14.5 Å². The van der Waals surface area contributed by atoms with Crippen molar-refractivity contribution in [3.05, 3.63) is 34.9 Å². The van der Waals surface area contributed by atoms with Crippen LogP contribution in [0.4, 0.5) is 0 Å². The predicted octanol–water partition coefficient (Wildman–Crippen LogP) is 5.80. The molecule has 0 radical (unpaired) electrons. The largest absolute Gasteiger partial charge is 0.381 e. The summed E-state index contributed by atoms with van der Waals surface area (Å²) >= 11 is 1.78. The molecule has 1 aromatic carbocycles. The zero-order valence-corrected chi connectivity index (χ0v) is 29.6. The number of aryl methyl sites for hydroxylation is 1. The van der Waals surface area contributed by atoms with E-state index >= 15 is 4.79 Å². The molecule has 256 valence electrons. The van der Waals surface area contributed by atoms with Crippen molar-refractivity contribution in [2.24, 2.45) is 28.2 Å². The van der Waals surface area contributed by atoms with E-state index in [4.69, 9.17) is 9.73 Å². The Bertz CT molecular complexity index is 1390. The van der Waals surface area contributed by atoms with Gasteiger partial charge in [0.2, 0.25) is 11.8 Å². The van der Waals surface area contributed by atoms with E-state index in [2.05, 4.69) is 23.1 Å². The molecular weight excluding hydrogens is 609 g/mol. The third-order valence-corrected chi connectivity index (χ3v) is 13.9. The van der Waals surface area contributed by atoms with Gasteiger partial charge in [-0.1, -0.05) is 42.8 Å². The van der Waals surface area contributed by atoms with Crippen LogP contribution in [0, 0.1) is 23.2 Å². The Kier molecular flexibility index (Phi) is 9.51. The fourth-order valence-electron chi connectivity index (χ4n) is 9.37. The summed E-state index contributed by atoms with van der Waals surface area (Å²) in [4.78, 5) is 51.1. The molecule has 3 amide bonds. The van der Waals surface area contributed by atoms with E-state index in [1.54, 1.807) is 25.6 Å². The molecule has 2 spiro atoms. The van der Waals surface area contributed by atoms with Gasteiger partial charge in [-0.25, -0.2) is 4.99 Å². The number of ether oxygens (including phenoxy) is 1. The molecule has 2 saturated carbocycles. The molecule has 2 saturated heterocycles. The minimum Gasteiger partial charge on any atom is -0.381 e. The number of hydrogen-bond acceptors (Lipinski definition) is 6. The Balaban J connectivity index is 1.21. The Hall–Kier alpha value is -2.39. The lowest BCUT2D eigenvalue weighted by molar-refractivity contribution is -0.139. The second kappa shape index (κ2) is 13.5. The van der Waals surface area contributed by atoms with Crippen molar-refractivity contribution in [3.8, 4) is 0 Å². The van der Waals surface area contributed by atoms with E-state index in [0.717, 1.165) is 107 Å². The number of aliphatic imine (C=N–C) groups is 1. The molecule has 7 rings (SSSR count). The number of carbonyl (C=O) groups is 3. The van der Waals surface area contributed by atoms with Crippen molar-refractivity contribution >= 4 is 34.7 Å². The van der Waals surface area contributed by atoms with Crippen molar-refractivity contribution in [1.29, 1.82) is 0 Å². The summed E-state index contributed by atoms with van der Waals surface area (Å²) in [6.07, 6.45) is 13.8. The Morgan fingerprint density at radius 2 is 1.53 bits per heavy atom. The van der Waals surface area contributed by atoms with Crippen LogP contribution < -0.4 is 0 Å². The molecule has 1 aromatic rings. The topological polar surface area (TPSA) is 82.5 Å². The van der Waals surface area contributed by atoms with E-state index in [-0.39, 0.29) is 29.2 Å². The van der Waals surface area contributed by atoms with E-state index in [9.17, 15) is 9.59 Å². The summed E-state index contributed by atoms with van der Waals surface area (Å²) in [5, 5.41) is 0.905. The van der Waals surface area contributed by atoms with Crippen molar-refractivity contribution in [1.82, 2.24) is 14.7 Å². The number of amidine groups is 1. The lowest BCUT2D eigenvalue weighted by Crippen LogP contribution is -2.52. The maximum atomic E-state index is 15.4. The second-order valence-corrected chi connectivity index (χ2v) is 16.6. The third-order valence-electron chi connectivity index (χ3n) is 12.7. The van der Waals surface area contributed by atoms with Gasteiger partial charge in [0.25, 0.3) is 5.91 Å². The minimum absolute atomic E-state index is 0.141. The fraction of sp³-hybridized carbons (Fsp3) is 0.737. The van der Waals surface area contributed by atoms with Crippen LogP contribution >= 0.6 is 11.8 Å². The highest BCUT2D eigenvalue weighted by Crippen LogP contribution is 2.62. The molecule has 0 aromatic heterocycles.